The van der Waals surface area contributed by atoms with E-state index in [4.69, 9.17) is 9.26 Å². The molecule has 0 aliphatic carbocycles. The molecule has 186 valence electrons. The maximum atomic E-state index is 16.1. The lowest BCUT2D eigenvalue weighted by molar-refractivity contribution is -0.133. The van der Waals surface area contributed by atoms with Gasteiger partial charge in [0.15, 0.2) is 11.5 Å². The number of hydrogen-bond acceptors (Lipinski definition) is 8. The van der Waals surface area contributed by atoms with Crippen molar-refractivity contribution in [3.8, 4) is 0 Å². The predicted molar refractivity (Wildman–Crippen MR) is 126 cm³/mol. The summed E-state index contributed by atoms with van der Waals surface area (Å²) in [6.45, 7) is 6.58. The number of aromatic nitrogens is 1. The number of nitrogens with one attached hydrogen (secondary N) is 1. The maximum Gasteiger partial charge on any atom is 0.277 e. The van der Waals surface area contributed by atoms with Gasteiger partial charge in [-0.15, -0.1) is 0 Å². The van der Waals surface area contributed by atoms with Crippen molar-refractivity contribution in [2.24, 2.45) is 10.4 Å². The van der Waals surface area contributed by atoms with Crippen LogP contribution in [0.25, 0.3) is 11.0 Å². The van der Waals surface area contributed by atoms with E-state index in [2.05, 4.69) is 20.4 Å². The minimum Gasteiger partial charge on any atom is -0.372 e. The minimum absolute atomic E-state index is 0.0341. The van der Waals surface area contributed by atoms with Gasteiger partial charge in [-0.3, -0.25) is 19.9 Å². The topological polar surface area (TPSA) is 104 Å². The normalized spacial score (nSPS) is 30.7. The molecule has 4 aliphatic rings. The molecule has 35 heavy (non-hydrogen) atoms. The Morgan fingerprint density at radius 2 is 2.14 bits per heavy atom. The molecule has 2 amide bonds. The summed E-state index contributed by atoms with van der Waals surface area (Å²) in [6.07, 6.45) is 2.34. The van der Waals surface area contributed by atoms with Crippen LogP contribution in [0.4, 0.5) is 10.1 Å². The van der Waals surface area contributed by atoms with Crippen LogP contribution in [0.3, 0.4) is 0 Å². The number of benzene rings is 1. The SMILES string of the molecule is C[C@H]1CN2c3c(cc4c(C(=O)N5CCN(C)C(=O)C5)noc4c3F)CC3(C=NCNC3)[C@@H]2[C@@H](C)O1. The van der Waals surface area contributed by atoms with E-state index in [0.29, 0.717) is 50.3 Å². The summed E-state index contributed by atoms with van der Waals surface area (Å²) >= 11 is 0. The Bertz CT molecular complexity index is 1250. The van der Waals surface area contributed by atoms with Gasteiger partial charge in [0.05, 0.1) is 36.0 Å². The van der Waals surface area contributed by atoms with Gasteiger partial charge < -0.3 is 24.0 Å². The van der Waals surface area contributed by atoms with Crippen LogP contribution in [0.2, 0.25) is 0 Å². The molecule has 4 aliphatic heterocycles. The van der Waals surface area contributed by atoms with Gasteiger partial charge in [-0.1, -0.05) is 5.16 Å². The average molecular weight is 485 g/mol. The summed E-state index contributed by atoms with van der Waals surface area (Å²) in [6, 6.07) is 1.73. The molecule has 1 aromatic carbocycles. The van der Waals surface area contributed by atoms with Crippen LogP contribution in [-0.2, 0) is 16.0 Å². The summed E-state index contributed by atoms with van der Waals surface area (Å²) in [5, 5.41) is 7.67. The van der Waals surface area contributed by atoms with Crippen molar-refractivity contribution in [1.29, 1.82) is 0 Å². The first-order valence-electron chi connectivity index (χ1n) is 12.1. The first kappa shape index (κ1) is 22.4. The molecule has 0 radical (unpaired) electrons. The molecular weight excluding hydrogens is 455 g/mol. The maximum absolute atomic E-state index is 16.1. The summed E-state index contributed by atoms with van der Waals surface area (Å²) in [5.41, 5.74) is 0.892. The fourth-order valence-electron chi connectivity index (χ4n) is 6.27. The lowest BCUT2D eigenvalue weighted by Crippen LogP contribution is -2.67. The van der Waals surface area contributed by atoms with Crippen LogP contribution < -0.4 is 10.2 Å². The Balaban J connectivity index is 1.46. The summed E-state index contributed by atoms with van der Waals surface area (Å²) in [7, 11) is 1.71. The second kappa shape index (κ2) is 7.99. The van der Waals surface area contributed by atoms with Crippen LogP contribution >= 0.6 is 0 Å². The quantitative estimate of drug-likeness (QED) is 0.645. The highest BCUT2D eigenvalue weighted by molar-refractivity contribution is 6.06. The molecular formula is C24H29FN6O4. The third kappa shape index (κ3) is 3.35. The van der Waals surface area contributed by atoms with E-state index < -0.39 is 11.7 Å². The molecule has 1 unspecified atom stereocenters. The molecule has 1 spiro atoms. The van der Waals surface area contributed by atoms with Crippen LogP contribution in [0.15, 0.2) is 15.6 Å². The number of likely N-dealkylation sites (N-methyl/N-ethyl adjacent to an activating group) is 1. The minimum atomic E-state index is -0.514. The highest BCUT2D eigenvalue weighted by Gasteiger charge is 2.52. The van der Waals surface area contributed by atoms with Gasteiger partial charge in [-0.05, 0) is 31.9 Å². The van der Waals surface area contributed by atoms with Gasteiger partial charge in [0.2, 0.25) is 11.5 Å². The van der Waals surface area contributed by atoms with E-state index in [-0.39, 0.29) is 47.4 Å². The lowest BCUT2D eigenvalue weighted by Gasteiger charge is -2.56. The molecule has 0 bridgehead atoms. The van der Waals surface area contributed by atoms with Gasteiger partial charge in [0.1, 0.15) is 6.54 Å². The number of halogens is 1. The molecule has 10 nitrogen and oxygen atoms in total. The summed E-state index contributed by atoms with van der Waals surface area (Å²) < 4.78 is 27.7. The molecule has 2 saturated heterocycles. The fraction of sp³-hybridized carbons (Fsp3) is 0.583. The number of rotatable bonds is 1. The summed E-state index contributed by atoms with van der Waals surface area (Å²) in [4.78, 5) is 35.1. The van der Waals surface area contributed by atoms with E-state index in [9.17, 15) is 9.59 Å². The number of anilines is 1. The number of morpholine rings is 1. The van der Waals surface area contributed by atoms with Crippen molar-refractivity contribution in [1.82, 2.24) is 20.3 Å². The molecule has 1 N–H and O–H groups in total. The number of piperazine rings is 1. The second-order valence-corrected chi connectivity index (χ2v) is 10.2. The van der Waals surface area contributed by atoms with E-state index in [1.54, 1.807) is 11.9 Å². The van der Waals surface area contributed by atoms with Gasteiger partial charge in [0, 0.05) is 44.9 Å². The molecule has 1 aromatic heterocycles. The molecule has 2 fully saturated rings. The van der Waals surface area contributed by atoms with E-state index in [1.165, 1.54) is 4.90 Å². The number of carbonyl (C=O) groups is 2. The number of carbonyl (C=O) groups excluding carboxylic acids is 2. The molecule has 11 heteroatoms. The molecule has 5 heterocycles. The van der Waals surface area contributed by atoms with Gasteiger partial charge in [-0.2, -0.15) is 0 Å². The zero-order valence-corrected chi connectivity index (χ0v) is 20.1. The lowest BCUT2D eigenvalue weighted by atomic mass is 9.68. The van der Waals surface area contributed by atoms with Gasteiger partial charge in [0.25, 0.3) is 5.91 Å². The molecule has 6 rings (SSSR count). The van der Waals surface area contributed by atoms with E-state index >= 15 is 4.39 Å². The average Bonchev–Trinajstić information content (AvgIpc) is 3.24. The molecule has 0 saturated carbocycles. The second-order valence-electron chi connectivity index (χ2n) is 10.2. The molecule has 4 atom stereocenters. The van der Waals surface area contributed by atoms with Crippen LogP contribution in [-0.4, -0.2) is 97.7 Å². The van der Waals surface area contributed by atoms with Crippen LogP contribution in [0.5, 0.6) is 0 Å². The molecule has 2 aromatic rings. The number of ether oxygens (including phenoxy) is 1. The predicted octanol–water partition coefficient (Wildman–Crippen LogP) is 1.04. The Morgan fingerprint density at radius 1 is 1.31 bits per heavy atom. The first-order valence-corrected chi connectivity index (χ1v) is 12.1. The number of hydrogen-bond donors (Lipinski definition) is 1. The Kier molecular flexibility index (Phi) is 5.12. The number of aliphatic imine (C=N–C) groups is 1. The van der Waals surface area contributed by atoms with Crippen molar-refractivity contribution in [2.45, 2.75) is 38.5 Å². The monoisotopic (exact) mass is 484 g/mol. The Morgan fingerprint density at radius 3 is 2.89 bits per heavy atom. The first-order chi connectivity index (χ1) is 16.8. The van der Waals surface area contributed by atoms with Crippen LogP contribution in [0.1, 0.15) is 29.9 Å². The van der Waals surface area contributed by atoms with Crippen LogP contribution in [0, 0.1) is 11.2 Å². The third-order valence-electron chi connectivity index (χ3n) is 7.79. The third-order valence-corrected chi connectivity index (χ3v) is 7.79. The number of amides is 2. The highest BCUT2D eigenvalue weighted by Crippen LogP contribution is 2.48. The van der Waals surface area contributed by atoms with Gasteiger partial charge >= 0.3 is 0 Å². The van der Waals surface area contributed by atoms with Crippen molar-refractivity contribution in [3.05, 3.63) is 23.1 Å². The Labute approximate surface area is 202 Å². The van der Waals surface area contributed by atoms with E-state index in [1.807, 2.05) is 26.1 Å². The zero-order valence-electron chi connectivity index (χ0n) is 20.1. The number of fused-ring (bicyclic) bond motifs is 5. The Hall–Kier alpha value is -3.05. The smallest absolute Gasteiger partial charge is 0.277 e. The standard InChI is InChI=1S/C24H29FN6O4/c1-13-8-31-20-15(7-24(10-26-12-27-11-24)22(31)14(2)34-13)6-16-19(28-35-21(16)18(20)25)23(33)30-5-4-29(3)17(32)9-30/h6,10,13-14,22,27H,4-5,7-9,11-12H2,1-3H3/t13-,14+,22-,24?/m0/s1. The van der Waals surface area contributed by atoms with Gasteiger partial charge in [-0.25, -0.2) is 4.39 Å². The van der Waals surface area contributed by atoms with Crippen molar-refractivity contribution < 1.29 is 23.2 Å². The van der Waals surface area contributed by atoms with Crippen molar-refractivity contribution in [3.63, 3.8) is 0 Å². The zero-order chi connectivity index (χ0) is 24.5. The van der Waals surface area contributed by atoms with E-state index in [0.717, 1.165) is 5.56 Å². The van der Waals surface area contributed by atoms with Crippen molar-refractivity contribution in [2.75, 3.05) is 51.3 Å². The summed E-state index contributed by atoms with van der Waals surface area (Å²) in [5.74, 6) is -1.09. The largest absolute Gasteiger partial charge is 0.372 e. The number of nitrogens with zero attached hydrogens (tertiary/aromatic N) is 5. The highest BCUT2D eigenvalue weighted by atomic mass is 19.1. The van der Waals surface area contributed by atoms with Crippen molar-refractivity contribution >= 4 is 34.7 Å². The fourth-order valence-corrected chi connectivity index (χ4v) is 6.27.